The van der Waals surface area contributed by atoms with E-state index in [4.69, 9.17) is 8.85 Å². The van der Waals surface area contributed by atoms with E-state index in [-0.39, 0.29) is 0 Å². The highest BCUT2D eigenvalue weighted by Crippen LogP contribution is 2.31. The van der Waals surface area contributed by atoms with Crippen LogP contribution in [0.3, 0.4) is 0 Å². The minimum Gasteiger partial charge on any atom is -0.394 e. The van der Waals surface area contributed by atoms with Gasteiger partial charge in [-0.25, -0.2) is 0 Å². The van der Waals surface area contributed by atoms with Gasteiger partial charge in [-0.2, -0.15) is 0 Å². The van der Waals surface area contributed by atoms with Crippen LogP contribution in [-0.2, 0) is 8.85 Å². The smallest absolute Gasteiger partial charge is 0.370 e. The molecule has 0 amide bonds. The number of hydrogen-bond donors (Lipinski definition) is 0. The molecule has 0 radical (unpaired) electrons. The topological polar surface area (TPSA) is 18.5 Å². The van der Waals surface area contributed by atoms with Gasteiger partial charge in [-0.3, -0.25) is 0 Å². The zero-order chi connectivity index (χ0) is 10.5. The van der Waals surface area contributed by atoms with E-state index in [9.17, 15) is 0 Å². The summed E-state index contributed by atoms with van der Waals surface area (Å²) in [4.78, 5) is 0. The van der Waals surface area contributed by atoms with E-state index in [0.717, 1.165) is 6.42 Å². The molecule has 0 spiro atoms. The standard InChI is InChI=1S/C10H22O2Si/c1-7-9(3)13(11-5,12-6)10(4)8-2/h7,10H,8H2,1-6H3/b9-7-. The third kappa shape index (κ3) is 2.42. The third-order valence-corrected chi connectivity index (χ3v) is 7.16. The van der Waals surface area contributed by atoms with Gasteiger partial charge in [0.2, 0.25) is 0 Å². The van der Waals surface area contributed by atoms with Crippen LogP contribution in [0.5, 0.6) is 0 Å². The molecule has 78 valence electrons. The minimum atomic E-state index is -2.09. The molecule has 0 aliphatic heterocycles. The fraction of sp³-hybridized carbons (Fsp3) is 0.800. The molecule has 3 heteroatoms. The normalized spacial score (nSPS) is 16.0. The van der Waals surface area contributed by atoms with E-state index in [1.54, 1.807) is 14.2 Å². The first-order valence-electron chi connectivity index (χ1n) is 4.82. The molecule has 13 heavy (non-hydrogen) atoms. The molecule has 0 aliphatic carbocycles. The van der Waals surface area contributed by atoms with Gasteiger partial charge >= 0.3 is 8.56 Å². The van der Waals surface area contributed by atoms with Gasteiger partial charge in [0.05, 0.1) is 0 Å². The van der Waals surface area contributed by atoms with Gasteiger partial charge in [0, 0.05) is 19.8 Å². The largest absolute Gasteiger partial charge is 0.394 e. The lowest BCUT2D eigenvalue weighted by molar-refractivity contribution is 0.239. The molecule has 0 saturated carbocycles. The molecule has 0 bridgehead atoms. The number of rotatable bonds is 5. The first-order chi connectivity index (χ1) is 6.08. The van der Waals surface area contributed by atoms with Gasteiger partial charge < -0.3 is 8.85 Å². The minimum absolute atomic E-state index is 0.499. The predicted octanol–water partition coefficient (Wildman–Crippen LogP) is 3.03. The molecule has 0 N–H and O–H groups in total. The molecule has 0 aliphatic rings. The van der Waals surface area contributed by atoms with Crippen molar-refractivity contribution < 1.29 is 8.85 Å². The molecule has 0 saturated heterocycles. The monoisotopic (exact) mass is 202 g/mol. The highest BCUT2D eigenvalue weighted by molar-refractivity contribution is 6.76. The van der Waals surface area contributed by atoms with Crippen molar-refractivity contribution in [3.05, 3.63) is 11.3 Å². The fourth-order valence-electron chi connectivity index (χ4n) is 1.67. The Labute approximate surface area is 83.2 Å². The summed E-state index contributed by atoms with van der Waals surface area (Å²) in [6, 6.07) is 0. The van der Waals surface area contributed by atoms with Crippen LogP contribution in [-0.4, -0.2) is 22.8 Å². The van der Waals surface area contributed by atoms with Gasteiger partial charge in [0.25, 0.3) is 0 Å². The van der Waals surface area contributed by atoms with Crippen LogP contribution in [0.1, 0.15) is 34.1 Å². The number of hydrogen-bond acceptors (Lipinski definition) is 2. The average molecular weight is 202 g/mol. The van der Waals surface area contributed by atoms with Crippen LogP contribution >= 0.6 is 0 Å². The lowest BCUT2D eigenvalue weighted by atomic mass is 10.4. The highest BCUT2D eigenvalue weighted by atomic mass is 28.4. The van der Waals surface area contributed by atoms with Crippen molar-refractivity contribution >= 4 is 8.56 Å². The van der Waals surface area contributed by atoms with Crippen molar-refractivity contribution in [1.82, 2.24) is 0 Å². The van der Waals surface area contributed by atoms with E-state index >= 15 is 0 Å². The fourth-order valence-corrected chi connectivity index (χ4v) is 5.00. The Morgan fingerprint density at radius 1 is 1.38 bits per heavy atom. The Kier molecular flexibility index (Phi) is 5.52. The van der Waals surface area contributed by atoms with E-state index in [2.05, 4.69) is 26.8 Å². The van der Waals surface area contributed by atoms with Gasteiger partial charge in [-0.15, -0.1) is 0 Å². The Balaban J connectivity index is 4.90. The van der Waals surface area contributed by atoms with Gasteiger partial charge in [-0.1, -0.05) is 26.3 Å². The Morgan fingerprint density at radius 2 is 1.85 bits per heavy atom. The Morgan fingerprint density at radius 3 is 2.08 bits per heavy atom. The quantitative estimate of drug-likeness (QED) is 0.638. The van der Waals surface area contributed by atoms with Crippen LogP contribution < -0.4 is 0 Å². The predicted molar refractivity (Wildman–Crippen MR) is 58.9 cm³/mol. The van der Waals surface area contributed by atoms with Crippen LogP contribution in [0, 0.1) is 0 Å². The summed E-state index contributed by atoms with van der Waals surface area (Å²) >= 11 is 0. The summed E-state index contributed by atoms with van der Waals surface area (Å²) in [5, 5.41) is 1.27. The summed E-state index contributed by atoms with van der Waals surface area (Å²) in [6.07, 6.45) is 3.20. The van der Waals surface area contributed by atoms with E-state index in [0.29, 0.717) is 5.54 Å². The summed E-state index contributed by atoms with van der Waals surface area (Å²) in [5.74, 6) is 0. The van der Waals surface area contributed by atoms with E-state index < -0.39 is 8.56 Å². The summed E-state index contributed by atoms with van der Waals surface area (Å²) < 4.78 is 11.3. The molecular weight excluding hydrogens is 180 g/mol. The first-order valence-corrected chi connectivity index (χ1v) is 6.72. The maximum absolute atomic E-state index is 5.64. The van der Waals surface area contributed by atoms with E-state index in [1.807, 2.05) is 6.92 Å². The molecule has 1 unspecified atom stereocenters. The molecule has 0 aromatic carbocycles. The van der Waals surface area contributed by atoms with Crippen molar-refractivity contribution in [3.8, 4) is 0 Å². The average Bonchev–Trinajstić information content (AvgIpc) is 2.19. The maximum atomic E-state index is 5.64. The molecular formula is C10H22O2Si. The second-order valence-corrected chi connectivity index (χ2v) is 7.28. The molecule has 1 atom stereocenters. The molecule has 2 nitrogen and oxygen atoms in total. The third-order valence-electron chi connectivity index (χ3n) is 2.85. The summed E-state index contributed by atoms with van der Waals surface area (Å²) in [7, 11) is 1.43. The number of allylic oxidation sites excluding steroid dienone is 2. The van der Waals surface area contributed by atoms with Gasteiger partial charge in [-0.05, 0) is 19.0 Å². The van der Waals surface area contributed by atoms with Crippen LogP contribution in [0.2, 0.25) is 5.54 Å². The Hall–Kier alpha value is -0.123. The Bertz CT molecular complexity index is 174. The lowest BCUT2D eigenvalue weighted by Gasteiger charge is -2.33. The molecule has 0 heterocycles. The highest BCUT2D eigenvalue weighted by Gasteiger charge is 2.42. The van der Waals surface area contributed by atoms with Gasteiger partial charge in [0.15, 0.2) is 0 Å². The first kappa shape index (κ1) is 12.9. The van der Waals surface area contributed by atoms with Crippen molar-refractivity contribution in [1.29, 1.82) is 0 Å². The molecule has 0 aromatic heterocycles. The molecule has 0 rings (SSSR count). The van der Waals surface area contributed by atoms with Gasteiger partial charge in [0.1, 0.15) is 0 Å². The summed E-state index contributed by atoms with van der Waals surface area (Å²) in [5.41, 5.74) is 0.499. The van der Waals surface area contributed by atoms with Crippen molar-refractivity contribution in [2.24, 2.45) is 0 Å². The second-order valence-electron chi connectivity index (χ2n) is 3.36. The van der Waals surface area contributed by atoms with Crippen molar-refractivity contribution in [2.75, 3.05) is 14.2 Å². The molecule has 0 fully saturated rings. The second kappa shape index (κ2) is 5.57. The van der Waals surface area contributed by atoms with Crippen molar-refractivity contribution in [2.45, 2.75) is 39.7 Å². The van der Waals surface area contributed by atoms with Crippen LogP contribution in [0.4, 0.5) is 0 Å². The maximum Gasteiger partial charge on any atom is 0.370 e. The van der Waals surface area contributed by atoms with Crippen molar-refractivity contribution in [3.63, 3.8) is 0 Å². The van der Waals surface area contributed by atoms with Crippen LogP contribution in [0.25, 0.3) is 0 Å². The van der Waals surface area contributed by atoms with Crippen LogP contribution in [0.15, 0.2) is 11.3 Å². The van der Waals surface area contributed by atoms with E-state index in [1.165, 1.54) is 5.20 Å². The lowest BCUT2D eigenvalue weighted by Crippen LogP contribution is -2.45. The molecule has 0 aromatic rings. The SMILES string of the molecule is C/C=C(/C)[Si](OC)(OC)C(C)CC. The zero-order valence-electron chi connectivity index (χ0n) is 9.68. The zero-order valence-corrected chi connectivity index (χ0v) is 10.7. The summed E-state index contributed by atoms with van der Waals surface area (Å²) in [6.45, 7) is 8.52.